The number of benzene rings is 1. The molecule has 2 aromatic heterocycles. The highest BCUT2D eigenvalue weighted by atomic mass is 32.2. The van der Waals surface area contributed by atoms with Crippen LogP contribution in [-0.2, 0) is 16.6 Å². The first-order chi connectivity index (χ1) is 16.2. The minimum atomic E-state index is -3.17. The van der Waals surface area contributed by atoms with Crippen LogP contribution in [0.3, 0.4) is 0 Å². The van der Waals surface area contributed by atoms with E-state index in [9.17, 15) is 13.2 Å². The highest BCUT2D eigenvalue weighted by molar-refractivity contribution is 7.88. The molecule has 1 fully saturated rings. The van der Waals surface area contributed by atoms with Crippen LogP contribution in [0.5, 0.6) is 0 Å². The predicted octanol–water partition coefficient (Wildman–Crippen LogP) is 2.60. The fourth-order valence-corrected chi connectivity index (χ4v) is 5.38. The lowest BCUT2D eigenvalue weighted by molar-refractivity contribution is 0.102. The molecule has 3 aromatic rings. The number of hydrogen-bond donors (Lipinski definition) is 1. The van der Waals surface area contributed by atoms with E-state index in [1.807, 2.05) is 43.7 Å². The summed E-state index contributed by atoms with van der Waals surface area (Å²) in [5.41, 5.74) is 4.20. The first-order valence-corrected chi connectivity index (χ1v) is 13.6. The molecule has 1 aromatic carbocycles. The van der Waals surface area contributed by atoms with E-state index in [1.165, 1.54) is 27.5 Å². The average Bonchev–Trinajstić information content (AvgIpc) is 3.27. The standard InChI is InChI=1S/C23H28N6O3S2/c1-27(2)15-17-6-4-5-7-19(17)21-16-33-23(25-21)26-22(30)20-9-8-18(14-24-20)28-10-12-29(13-11-28)34(3,31)32/h4-9,14,16H,10-13,15H2,1-3H3,(H,25,26,30). The summed E-state index contributed by atoms with van der Waals surface area (Å²) >= 11 is 1.38. The summed E-state index contributed by atoms with van der Waals surface area (Å²) in [6.45, 7) is 2.83. The Balaban J connectivity index is 1.40. The Morgan fingerprint density at radius 1 is 1.12 bits per heavy atom. The molecule has 0 aliphatic carbocycles. The lowest BCUT2D eigenvalue weighted by atomic mass is 10.1. The normalized spacial score (nSPS) is 15.0. The topological polar surface area (TPSA) is 98.7 Å². The molecule has 1 N–H and O–H groups in total. The van der Waals surface area contributed by atoms with Gasteiger partial charge >= 0.3 is 0 Å². The number of hydrogen-bond acceptors (Lipinski definition) is 8. The Morgan fingerprint density at radius 2 is 1.85 bits per heavy atom. The Hall–Kier alpha value is -2.86. The van der Waals surface area contributed by atoms with Crippen LogP contribution < -0.4 is 10.2 Å². The molecule has 0 atom stereocenters. The number of pyridine rings is 1. The van der Waals surface area contributed by atoms with Crippen LogP contribution in [0.2, 0.25) is 0 Å². The Labute approximate surface area is 204 Å². The molecular formula is C23H28N6O3S2. The van der Waals surface area contributed by atoms with Gasteiger partial charge in [0.25, 0.3) is 5.91 Å². The number of aromatic nitrogens is 2. The van der Waals surface area contributed by atoms with E-state index in [1.54, 1.807) is 12.3 Å². The van der Waals surface area contributed by atoms with Crippen molar-refractivity contribution in [3.63, 3.8) is 0 Å². The van der Waals surface area contributed by atoms with Gasteiger partial charge in [-0.05, 0) is 31.8 Å². The highest BCUT2D eigenvalue weighted by Gasteiger charge is 2.24. The Bertz CT molecular complexity index is 1250. The number of carbonyl (C=O) groups excluding carboxylic acids is 1. The molecule has 9 nitrogen and oxygen atoms in total. The molecule has 180 valence electrons. The van der Waals surface area contributed by atoms with E-state index < -0.39 is 10.0 Å². The van der Waals surface area contributed by atoms with Crippen LogP contribution in [0, 0.1) is 0 Å². The van der Waals surface area contributed by atoms with Gasteiger partial charge in [-0.1, -0.05) is 24.3 Å². The van der Waals surface area contributed by atoms with Crippen molar-refractivity contribution >= 4 is 38.1 Å². The van der Waals surface area contributed by atoms with Gasteiger partial charge in [0.05, 0.1) is 23.8 Å². The molecule has 1 aliphatic heterocycles. The van der Waals surface area contributed by atoms with Gasteiger partial charge in [0, 0.05) is 43.7 Å². The third-order valence-corrected chi connectivity index (χ3v) is 7.62. The van der Waals surface area contributed by atoms with Gasteiger partial charge in [-0.15, -0.1) is 11.3 Å². The lowest BCUT2D eigenvalue weighted by Crippen LogP contribution is -2.48. The van der Waals surface area contributed by atoms with E-state index in [0.29, 0.717) is 37.0 Å². The first kappa shape index (κ1) is 24.3. The number of amides is 1. The number of nitrogens with one attached hydrogen (secondary N) is 1. The third-order valence-electron chi connectivity index (χ3n) is 5.56. The summed E-state index contributed by atoms with van der Waals surface area (Å²) in [4.78, 5) is 25.8. The van der Waals surface area contributed by atoms with Crippen LogP contribution >= 0.6 is 11.3 Å². The van der Waals surface area contributed by atoms with Crippen molar-refractivity contribution in [3.8, 4) is 11.3 Å². The number of nitrogens with zero attached hydrogens (tertiary/aromatic N) is 5. The van der Waals surface area contributed by atoms with Gasteiger partial charge in [-0.3, -0.25) is 10.1 Å². The van der Waals surface area contributed by atoms with Crippen molar-refractivity contribution in [1.82, 2.24) is 19.2 Å². The molecule has 11 heteroatoms. The molecule has 4 rings (SSSR count). The molecule has 1 aliphatic rings. The number of piperazine rings is 1. The van der Waals surface area contributed by atoms with Crippen LogP contribution in [-0.4, -0.2) is 80.0 Å². The van der Waals surface area contributed by atoms with Gasteiger partial charge in [0.2, 0.25) is 10.0 Å². The minimum Gasteiger partial charge on any atom is -0.368 e. The van der Waals surface area contributed by atoms with E-state index in [0.717, 1.165) is 23.5 Å². The lowest BCUT2D eigenvalue weighted by Gasteiger charge is -2.34. The zero-order chi connectivity index (χ0) is 24.3. The van der Waals surface area contributed by atoms with Crippen LogP contribution in [0.15, 0.2) is 48.0 Å². The van der Waals surface area contributed by atoms with Crippen molar-refractivity contribution in [2.75, 3.05) is 56.7 Å². The van der Waals surface area contributed by atoms with Crippen LogP contribution in [0.4, 0.5) is 10.8 Å². The second kappa shape index (κ2) is 10.2. The van der Waals surface area contributed by atoms with Gasteiger partial charge in [-0.25, -0.2) is 18.4 Å². The van der Waals surface area contributed by atoms with E-state index in [2.05, 4.69) is 31.2 Å². The molecular weight excluding hydrogens is 472 g/mol. The van der Waals surface area contributed by atoms with Crippen molar-refractivity contribution in [2.24, 2.45) is 0 Å². The van der Waals surface area contributed by atoms with Gasteiger partial charge in [-0.2, -0.15) is 4.31 Å². The predicted molar refractivity (Wildman–Crippen MR) is 136 cm³/mol. The molecule has 3 heterocycles. The number of sulfonamides is 1. The molecule has 0 spiro atoms. The first-order valence-electron chi connectivity index (χ1n) is 10.9. The molecule has 0 bridgehead atoms. The largest absolute Gasteiger partial charge is 0.368 e. The summed E-state index contributed by atoms with van der Waals surface area (Å²) in [5.74, 6) is -0.323. The van der Waals surface area contributed by atoms with Gasteiger partial charge in [0.15, 0.2) is 5.13 Å². The zero-order valence-electron chi connectivity index (χ0n) is 19.4. The Morgan fingerprint density at radius 3 is 2.50 bits per heavy atom. The smallest absolute Gasteiger partial charge is 0.276 e. The highest BCUT2D eigenvalue weighted by Crippen LogP contribution is 2.28. The molecule has 0 unspecified atom stereocenters. The van der Waals surface area contributed by atoms with Crippen LogP contribution in [0.25, 0.3) is 11.3 Å². The van der Waals surface area contributed by atoms with E-state index >= 15 is 0 Å². The summed E-state index contributed by atoms with van der Waals surface area (Å²) in [6, 6.07) is 11.6. The summed E-state index contributed by atoms with van der Waals surface area (Å²) < 4.78 is 24.8. The van der Waals surface area contributed by atoms with Gasteiger partial charge in [0.1, 0.15) is 5.69 Å². The monoisotopic (exact) mass is 500 g/mol. The van der Waals surface area contributed by atoms with Crippen molar-refractivity contribution in [2.45, 2.75) is 6.54 Å². The summed E-state index contributed by atoms with van der Waals surface area (Å²) in [6.07, 6.45) is 2.88. The van der Waals surface area contributed by atoms with Crippen molar-refractivity contribution in [3.05, 3.63) is 59.2 Å². The van der Waals surface area contributed by atoms with E-state index in [4.69, 9.17) is 0 Å². The van der Waals surface area contributed by atoms with Crippen molar-refractivity contribution < 1.29 is 13.2 Å². The fraction of sp³-hybridized carbons (Fsp3) is 0.348. The number of rotatable bonds is 7. The minimum absolute atomic E-state index is 0.295. The fourth-order valence-electron chi connectivity index (χ4n) is 3.85. The zero-order valence-corrected chi connectivity index (χ0v) is 21.1. The molecule has 1 saturated heterocycles. The number of carbonyl (C=O) groups is 1. The van der Waals surface area contributed by atoms with Gasteiger partial charge < -0.3 is 9.80 Å². The maximum Gasteiger partial charge on any atom is 0.276 e. The maximum absolute atomic E-state index is 12.7. The second-order valence-corrected chi connectivity index (χ2v) is 11.3. The Kier molecular flexibility index (Phi) is 7.27. The number of thiazole rings is 1. The summed E-state index contributed by atoms with van der Waals surface area (Å²) in [7, 11) is 0.878. The van der Waals surface area contributed by atoms with E-state index in [-0.39, 0.29) is 5.91 Å². The molecule has 0 saturated carbocycles. The maximum atomic E-state index is 12.7. The quantitative estimate of drug-likeness (QED) is 0.532. The third kappa shape index (κ3) is 5.79. The van der Waals surface area contributed by atoms with Crippen molar-refractivity contribution in [1.29, 1.82) is 0 Å². The number of anilines is 2. The summed E-state index contributed by atoms with van der Waals surface area (Å²) in [5, 5.41) is 5.30. The molecule has 1 amide bonds. The molecule has 0 radical (unpaired) electrons. The average molecular weight is 501 g/mol. The second-order valence-electron chi connectivity index (χ2n) is 8.44. The molecule has 34 heavy (non-hydrogen) atoms. The van der Waals surface area contributed by atoms with Crippen LogP contribution in [0.1, 0.15) is 16.1 Å². The SMILES string of the molecule is CN(C)Cc1ccccc1-c1csc(NC(=O)c2ccc(N3CCN(S(C)(=O)=O)CC3)cn2)n1.